The maximum Gasteiger partial charge on any atom is 0.308 e. The minimum atomic E-state index is -0.755. The summed E-state index contributed by atoms with van der Waals surface area (Å²) >= 11 is 0. The Kier molecular flexibility index (Phi) is 5.06. The van der Waals surface area contributed by atoms with E-state index in [0.717, 1.165) is 57.8 Å². The summed E-state index contributed by atoms with van der Waals surface area (Å²) in [4.78, 5) is 24.1. The van der Waals surface area contributed by atoms with E-state index < -0.39 is 11.9 Å². The average molecular weight is 281 g/mol. The molecule has 0 heterocycles. The molecule has 1 amide bonds. The first-order valence-electron chi connectivity index (χ1n) is 8.13. The van der Waals surface area contributed by atoms with Gasteiger partial charge in [-0.1, -0.05) is 39.0 Å². The minimum absolute atomic E-state index is 0.107. The molecule has 0 aromatic carbocycles. The predicted molar refractivity (Wildman–Crippen MR) is 77.3 cm³/mol. The number of nitrogens with one attached hydrogen (secondary N) is 1. The highest BCUT2D eigenvalue weighted by atomic mass is 16.4. The normalized spacial score (nSPS) is 29.6. The van der Waals surface area contributed by atoms with Gasteiger partial charge in [-0.15, -0.1) is 0 Å². The number of amides is 1. The van der Waals surface area contributed by atoms with Crippen molar-refractivity contribution in [2.24, 2.45) is 11.3 Å². The molecule has 2 aliphatic rings. The van der Waals surface area contributed by atoms with Crippen molar-refractivity contribution in [2.75, 3.05) is 0 Å². The Labute approximate surface area is 121 Å². The lowest BCUT2D eigenvalue weighted by Crippen LogP contribution is -2.48. The van der Waals surface area contributed by atoms with E-state index in [0.29, 0.717) is 6.42 Å². The molecule has 0 saturated heterocycles. The number of aliphatic carboxylic acids is 1. The molecule has 2 N–H and O–H groups in total. The van der Waals surface area contributed by atoms with Crippen molar-refractivity contribution in [1.29, 1.82) is 0 Å². The molecule has 20 heavy (non-hydrogen) atoms. The van der Waals surface area contributed by atoms with E-state index in [9.17, 15) is 14.7 Å². The van der Waals surface area contributed by atoms with Crippen LogP contribution < -0.4 is 5.32 Å². The number of hydrogen-bond acceptors (Lipinski definition) is 2. The quantitative estimate of drug-likeness (QED) is 0.778. The fourth-order valence-corrected chi connectivity index (χ4v) is 3.89. The standard InChI is InChI=1S/C16H27NO3/c1-2-16(10-6-7-11-16)15(20)17-13-9-5-3-4-8-12(13)14(18)19/h12-13H,2-11H2,1H3,(H,17,20)(H,18,19). The molecule has 2 fully saturated rings. The Bertz CT molecular complexity index is 361. The van der Waals surface area contributed by atoms with Crippen LogP contribution in [0.2, 0.25) is 0 Å². The van der Waals surface area contributed by atoms with Crippen LogP contribution in [0.5, 0.6) is 0 Å². The maximum absolute atomic E-state index is 12.6. The fourth-order valence-electron chi connectivity index (χ4n) is 3.89. The predicted octanol–water partition coefficient (Wildman–Crippen LogP) is 3.11. The Morgan fingerprint density at radius 2 is 1.75 bits per heavy atom. The van der Waals surface area contributed by atoms with Crippen molar-refractivity contribution in [3.8, 4) is 0 Å². The second kappa shape index (κ2) is 6.59. The number of carbonyl (C=O) groups is 2. The van der Waals surface area contributed by atoms with Crippen molar-refractivity contribution >= 4 is 11.9 Å². The summed E-state index contributed by atoms with van der Waals surface area (Å²) in [5.74, 6) is -1.05. The Balaban J connectivity index is 2.05. The molecule has 2 aliphatic carbocycles. The number of carboxylic acid groups (broad SMARTS) is 1. The summed E-state index contributed by atoms with van der Waals surface area (Å²) < 4.78 is 0. The van der Waals surface area contributed by atoms with E-state index in [1.807, 2.05) is 0 Å². The van der Waals surface area contributed by atoms with Gasteiger partial charge >= 0.3 is 5.97 Å². The zero-order valence-electron chi connectivity index (χ0n) is 12.5. The molecule has 114 valence electrons. The summed E-state index contributed by atoms with van der Waals surface area (Å²) in [6.45, 7) is 2.08. The van der Waals surface area contributed by atoms with E-state index in [-0.39, 0.29) is 17.4 Å². The lowest BCUT2D eigenvalue weighted by atomic mass is 9.81. The molecule has 0 aromatic rings. The lowest BCUT2D eigenvalue weighted by Gasteiger charge is -2.31. The second-order valence-corrected chi connectivity index (χ2v) is 6.50. The van der Waals surface area contributed by atoms with Gasteiger partial charge in [0.15, 0.2) is 0 Å². The molecule has 0 bridgehead atoms. The molecular weight excluding hydrogens is 254 g/mol. The van der Waals surface area contributed by atoms with Crippen LogP contribution in [-0.2, 0) is 9.59 Å². The smallest absolute Gasteiger partial charge is 0.308 e. The van der Waals surface area contributed by atoms with E-state index >= 15 is 0 Å². The molecule has 0 spiro atoms. The highest BCUT2D eigenvalue weighted by Crippen LogP contribution is 2.41. The van der Waals surface area contributed by atoms with E-state index in [1.54, 1.807) is 0 Å². The lowest BCUT2D eigenvalue weighted by molar-refractivity contribution is -0.143. The highest BCUT2D eigenvalue weighted by Gasteiger charge is 2.41. The van der Waals surface area contributed by atoms with Crippen LogP contribution in [0.4, 0.5) is 0 Å². The average Bonchev–Trinajstić information content (AvgIpc) is 2.80. The van der Waals surface area contributed by atoms with Gasteiger partial charge in [0.2, 0.25) is 5.91 Å². The molecule has 0 aromatic heterocycles. The van der Waals surface area contributed by atoms with Crippen LogP contribution in [-0.4, -0.2) is 23.0 Å². The summed E-state index contributed by atoms with van der Waals surface area (Å²) in [6, 6.07) is -0.175. The fraction of sp³-hybridized carbons (Fsp3) is 0.875. The first-order valence-corrected chi connectivity index (χ1v) is 8.13. The van der Waals surface area contributed by atoms with Gasteiger partial charge in [0, 0.05) is 11.5 Å². The van der Waals surface area contributed by atoms with Gasteiger partial charge in [-0.25, -0.2) is 0 Å². The van der Waals surface area contributed by atoms with Crippen LogP contribution in [0.3, 0.4) is 0 Å². The molecule has 0 radical (unpaired) electrons. The summed E-state index contributed by atoms with van der Waals surface area (Å²) in [5.41, 5.74) is -0.227. The molecule has 2 rings (SSSR count). The van der Waals surface area contributed by atoms with Gasteiger partial charge in [-0.2, -0.15) is 0 Å². The van der Waals surface area contributed by atoms with Crippen molar-refractivity contribution in [3.05, 3.63) is 0 Å². The van der Waals surface area contributed by atoms with E-state index in [1.165, 1.54) is 0 Å². The monoisotopic (exact) mass is 281 g/mol. The Hall–Kier alpha value is -1.06. The van der Waals surface area contributed by atoms with Crippen molar-refractivity contribution in [1.82, 2.24) is 5.32 Å². The summed E-state index contributed by atoms with van der Waals surface area (Å²) in [5, 5.41) is 12.5. The van der Waals surface area contributed by atoms with E-state index in [4.69, 9.17) is 0 Å². The Morgan fingerprint density at radius 3 is 2.35 bits per heavy atom. The summed E-state index contributed by atoms with van der Waals surface area (Å²) in [7, 11) is 0. The minimum Gasteiger partial charge on any atom is -0.481 e. The number of rotatable bonds is 4. The largest absolute Gasteiger partial charge is 0.481 e. The summed E-state index contributed by atoms with van der Waals surface area (Å²) in [6.07, 6.45) is 9.58. The SMILES string of the molecule is CCC1(C(=O)NC2CCCCCC2C(=O)O)CCCC1. The van der Waals surface area contributed by atoms with Crippen molar-refractivity contribution in [3.63, 3.8) is 0 Å². The molecule has 2 saturated carbocycles. The Morgan fingerprint density at radius 1 is 1.10 bits per heavy atom. The zero-order valence-corrected chi connectivity index (χ0v) is 12.5. The third-order valence-electron chi connectivity index (χ3n) is 5.37. The van der Waals surface area contributed by atoms with Crippen molar-refractivity contribution < 1.29 is 14.7 Å². The molecule has 2 unspecified atom stereocenters. The molecule has 2 atom stereocenters. The molecule has 4 heteroatoms. The first kappa shape index (κ1) is 15.3. The van der Waals surface area contributed by atoms with Gasteiger partial charge in [0.05, 0.1) is 5.92 Å². The van der Waals surface area contributed by atoms with Crippen molar-refractivity contribution in [2.45, 2.75) is 77.2 Å². The number of carboxylic acids is 1. The van der Waals surface area contributed by atoms with Gasteiger partial charge in [-0.3, -0.25) is 9.59 Å². The third-order valence-corrected chi connectivity index (χ3v) is 5.37. The molecule has 4 nitrogen and oxygen atoms in total. The number of carbonyl (C=O) groups excluding carboxylic acids is 1. The van der Waals surface area contributed by atoms with Crippen LogP contribution in [0.15, 0.2) is 0 Å². The van der Waals surface area contributed by atoms with E-state index in [2.05, 4.69) is 12.2 Å². The van der Waals surface area contributed by atoms with Gasteiger partial charge in [-0.05, 0) is 32.1 Å². The zero-order chi connectivity index (χ0) is 14.6. The van der Waals surface area contributed by atoms with Crippen LogP contribution in [0.25, 0.3) is 0 Å². The maximum atomic E-state index is 12.6. The van der Waals surface area contributed by atoms with Gasteiger partial charge < -0.3 is 10.4 Å². The van der Waals surface area contributed by atoms with Gasteiger partial charge in [0.1, 0.15) is 0 Å². The second-order valence-electron chi connectivity index (χ2n) is 6.50. The third kappa shape index (κ3) is 3.15. The number of hydrogen-bond donors (Lipinski definition) is 2. The van der Waals surface area contributed by atoms with Crippen LogP contribution >= 0.6 is 0 Å². The van der Waals surface area contributed by atoms with Crippen LogP contribution in [0.1, 0.15) is 71.1 Å². The molecular formula is C16H27NO3. The highest BCUT2D eigenvalue weighted by molar-refractivity contribution is 5.84. The first-order chi connectivity index (χ1) is 9.59. The van der Waals surface area contributed by atoms with Crippen LogP contribution in [0, 0.1) is 11.3 Å². The topological polar surface area (TPSA) is 66.4 Å². The molecule has 0 aliphatic heterocycles. The van der Waals surface area contributed by atoms with Gasteiger partial charge in [0.25, 0.3) is 0 Å².